The number of benzene rings is 2. The van der Waals surface area contributed by atoms with Crippen LogP contribution in [0, 0.1) is 5.92 Å². The van der Waals surface area contributed by atoms with Gasteiger partial charge in [-0.05, 0) is 59.9 Å². The average molecular weight is 612 g/mol. The van der Waals surface area contributed by atoms with Crippen LogP contribution in [0.5, 0.6) is 0 Å². The normalized spacial score (nSPS) is 14.4. The van der Waals surface area contributed by atoms with Gasteiger partial charge in [0, 0.05) is 46.6 Å². The number of nitrogens with one attached hydrogen (secondary N) is 3. The van der Waals surface area contributed by atoms with Gasteiger partial charge in [0.25, 0.3) is 0 Å². The van der Waals surface area contributed by atoms with Gasteiger partial charge in [-0.3, -0.25) is 4.79 Å². The van der Waals surface area contributed by atoms with E-state index in [0.717, 1.165) is 24.0 Å². The number of hydrogen-bond acceptors (Lipinski definition) is 5. The van der Waals surface area contributed by atoms with Crippen LogP contribution in [0.3, 0.4) is 0 Å². The van der Waals surface area contributed by atoms with Crippen LogP contribution in [0.25, 0.3) is 5.82 Å². The SMILES string of the molecule is O=C(NCc1ccc(Cl)cc1Cl)[C@@H](CC1CCCCC1)Nc1cc(-n2cccc2)nc(NCc2cccc(Cl)c2)n1. The zero-order valence-electron chi connectivity index (χ0n) is 22.6. The lowest BCUT2D eigenvalue weighted by atomic mass is 9.84. The van der Waals surface area contributed by atoms with Crippen molar-refractivity contribution in [3.63, 3.8) is 0 Å². The Balaban J connectivity index is 1.37. The van der Waals surface area contributed by atoms with Gasteiger partial charge >= 0.3 is 0 Å². The van der Waals surface area contributed by atoms with Gasteiger partial charge in [-0.15, -0.1) is 0 Å². The van der Waals surface area contributed by atoms with E-state index in [1.807, 2.05) is 65.5 Å². The molecule has 0 saturated heterocycles. The van der Waals surface area contributed by atoms with Gasteiger partial charge < -0.3 is 20.5 Å². The van der Waals surface area contributed by atoms with E-state index in [1.54, 1.807) is 12.1 Å². The molecule has 1 atom stereocenters. The van der Waals surface area contributed by atoms with Crippen molar-refractivity contribution in [1.29, 1.82) is 0 Å². The Morgan fingerprint density at radius 2 is 1.68 bits per heavy atom. The van der Waals surface area contributed by atoms with Crippen LogP contribution >= 0.6 is 34.8 Å². The Bertz CT molecular complexity index is 1460. The molecule has 1 amide bonds. The Morgan fingerprint density at radius 1 is 0.902 bits per heavy atom. The van der Waals surface area contributed by atoms with Gasteiger partial charge in [0.15, 0.2) is 0 Å². The van der Waals surface area contributed by atoms with Crippen LogP contribution in [-0.2, 0) is 17.9 Å². The number of aromatic nitrogens is 3. The maximum Gasteiger partial charge on any atom is 0.242 e. The maximum atomic E-state index is 13.6. The predicted octanol–water partition coefficient (Wildman–Crippen LogP) is 7.91. The molecule has 1 aliphatic rings. The van der Waals surface area contributed by atoms with E-state index in [1.165, 1.54) is 19.3 Å². The van der Waals surface area contributed by atoms with Crippen molar-refractivity contribution in [3.8, 4) is 5.82 Å². The molecule has 3 N–H and O–H groups in total. The number of carbonyl (C=O) groups is 1. The summed E-state index contributed by atoms with van der Waals surface area (Å²) >= 11 is 18.6. The van der Waals surface area contributed by atoms with Crippen molar-refractivity contribution >= 4 is 52.5 Å². The molecule has 0 aliphatic heterocycles. The molecule has 2 aromatic heterocycles. The van der Waals surface area contributed by atoms with Gasteiger partial charge in [-0.1, -0.05) is 85.1 Å². The summed E-state index contributed by atoms with van der Waals surface area (Å²) in [5.74, 6) is 2.07. The van der Waals surface area contributed by atoms with Crippen LogP contribution in [0.15, 0.2) is 73.1 Å². The highest BCUT2D eigenvalue weighted by Crippen LogP contribution is 2.29. The number of rotatable bonds is 11. The number of nitrogens with zero attached hydrogens (tertiary/aromatic N) is 3. The average Bonchev–Trinajstić information content (AvgIpc) is 3.51. The molecule has 2 heterocycles. The summed E-state index contributed by atoms with van der Waals surface area (Å²) in [6.07, 6.45) is 10.5. The van der Waals surface area contributed by atoms with Crippen LogP contribution < -0.4 is 16.0 Å². The van der Waals surface area contributed by atoms with Gasteiger partial charge in [-0.2, -0.15) is 9.97 Å². The monoisotopic (exact) mass is 610 g/mol. The molecule has 0 spiro atoms. The fourth-order valence-electron chi connectivity index (χ4n) is 5.17. The second-order valence-electron chi connectivity index (χ2n) is 10.4. The van der Waals surface area contributed by atoms with E-state index < -0.39 is 6.04 Å². The molecular formula is C31H33Cl3N6O. The highest BCUT2D eigenvalue weighted by atomic mass is 35.5. The second kappa shape index (κ2) is 14.1. The van der Waals surface area contributed by atoms with E-state index in [9.17, 15) is 4.79 Å². The number of anilines is 2. The zero-order chi connectivity index (χ0) is 28.6. The fraction of sp³-hybridized carbons (Fsp3) is 0.323. The quantitative estimate of drug-likeness (QED) is 0.161. The van der Waals surface area contributed by atoms with Crippen molar-refractivity contribution in [1.82, 2.24) is 19.9 Å². The van der Waals surface area contributed by atoms with Crippen LogP contribution in [0.1, 0.15) is 49.7 Å². The molecule has 1 fully saturated rings. The third kappa shape index (κ3) is 8.38. The van der Waals surface area contributed by atoms with Gasteiger partial charge in [0.1, 0.15) is 17.7 Å². The van der Waals surface area contributed by atoms with Gasteiger partial charge in [0.2, 0.25) is 11.9 Å². The first-order chi connectivity index (χ1) is 19.9. The highest BCUT2D eigenvalue weighted by molar-refractivity contribution is 6.35. The summed E-state index contributed by atoms with van der Waals surface area (Å²) in [6, 6.07) is 18.2. The third-order valence-corrected chi connectivity index (χ3v) is 8.14. The molecule has 10 heteroatoms. The molecule has 2 aromatic carbocycles. The zero-order valence-corrected chi connectivity index (χ0v) is 24.9. The molecule has 5 rings (SSSR count). The molecule has 0 unspecified atom stereocenters. The van der Waals surface area contributed by atoms with Crippen LogP contribution in [0.2, 0.25) is 15.1 Å². The van der Waals surface area contributed by atoms with Gasteiger partial charge in [-0.25, -0.2) is 0 Å². The van der Waals surface area contributed by atoms with E-state index >= 15 is 0 Å². The van der Waals surface area contributed by atoms with Crippen LogP contribution in [-0.4, -0.2) is 26.5 Å². The summed E-state index contributed by atoms with van der Waals surface area (Å²) in [4.78, 5) is 23.1. The summed E-state index contributed by atoms with van der Waals surface area (Å²) in [5.41, 5.74) is 1.82. The number of hydrogen-bond donors (Lipinski definition) is 3. The minimum atomic E-state index is -0.475. The summed E-state index contributed by atoms with van der Waals surface area (Å²) in [7, 11) is 0. The fourth-order valence-corrected chi connectivity index (χ4v) is 5.86. The lowest BCUT2D eigenvalue weighted by Gasteiger charge is -2.27. The third-order valence-electron chi connectivity index (χ3n) is 7.32. The molecule has 7 nitrogen and oxygen atoms in total. The standard InChI is InChI=1S/C31H33Cl3N6O/c32-24-10-6-9-22(15-24)19-36-31-38-28(18-29(39-31)40-13-4-5-14-40)37-27(16-21-7-2-1-3-8-21)30(41)35-20-23-11-12-25(33)17-26(23)34/h4-6,9-15,17-18,21,27H,1-3,7-8,16,19-20H2,(H,35,41)(H2,36,37,38,39)/t27-/m1/s1. The Kier molecular flexibility index (Phi) is 10.0. The van der Waals surface area contributed by atoms with Crippen molar-refractivity contribution in [2.75, 3.05) is 10.6 Å². The number of halogens is 3. The Labute approximate surface area is 255 Å². The Hall–Kier alpha value is -3.26. The van der Waals surface area contributed by atoms with E-state index in [2.05, 4.69) is 16.0 Å². The highest BCUT2D eigenvalue weighted by Gasteiger charge is 2.25. The minimum Gasteiger partial charge on any atom is -0.358 e. The van der Waals surface area contributed by atoms with Crippen molar-refractivity contribution < 1.29 is 4.79 Å². The first-order valence-corrected chi connectivity index (χ1v) is 15.1. The topological polar surface area (TPSA) is 83.9 Å². The maximum absolute atomic E-state index is 13.6. The minimum absolute atomic E-state index is 0.101. The predicted molar refractivity (Wildman–Crippen MR) is 167 cm³/mol. The summed E-state index contributed by atoms with van der Waals surface area (Å²) in [5, 5.41) is 11.6. The molecule has 0 radical (unpaired) electrons. The molecular weight excluding hydrogens is 579 g/mol. The van der Waals surface area contributed by atoms with Crippen molar-refractivity contribution in [2.24, 2.45) is 5.92 Å². The molecule has 41 heavy (non-hydrogen) atoms. The van der Waals surface area contributed by atoms with Gasteiger partial charge in [0.05, 0.1) is 0 Å². The molecule has 1 aliphatic carbocycles. The molecule has 4 aromatic rings. The number of amides is 1. The lowest BCUT2D eigenvalue weighted by molar-refractivity contribution is -0.122. The summed E-state index contributed by atoms with van der Waals surface area (Å²) in [6.45, 7) is 0.811. The Morgan fingerprint density at radius 3 is 2.44 bits per heavy atom. The molecule has 0 bridgehead atoms. The molecule has 1 saturated carbocycles. The van der Waals surface area contributed by atoms with Crippen molar-refractivity contribution in [3.05, 3.63) is 99.3 Å². The van der Waals surface area contributed by atoms with Crippen molar-refractivity contribution in [2.45, 2.75) is 57.7 Å². The second-order valence-corrected chi connectivity index (χ2v) is 11.7. The van der Waals surface area contributed by atoms with E-state index in [4.69, 9.17) is 44.8 Å². The summed E-state index contributed by atoms with van der Waals surface area (Å²) < 4.78 is 1.91. The first kappa shape index (κ1) is 29.2. The lowest BCUT2D eigenvalue weighted by Crippen LogP contribution is -2.41. The van der Waals surface area contributed by atoms with E-state index in [-0.39, 0.29) is 5.91 Å². The largest absolute Gasteiger partial charge is 0.358 e. The first-order valence-electron chi connectivity index (χ1n) is 13.9. The van der Waals surface area contributed by atoms with E-state index in [0.29, 0.717) is 58.1 Å². The molecule has 214 valence electrons. The van der Waals surface area contributed by atoms with Crippen LogP contribution in [0.4, 0.5) is 11.8 Å². The smallest absolute Gasteiger partial charge is 0.242 e. The number of carbonyl (C=O) groups excluding carboxylic acids is 1.